The number of amides is 3. The predicted molar refractivity (Wildman–Crippen MR) is 141 cm³/mol. The predicted octanol–water partition coefficient (Wildman–Crippen LogP) is 1.78. The molecule has 0 saturated carbocycles. The molecule has 0 atom stereocenters. The third-order valence-electron chi connectivity index (χ3n) is 7.28. The Morgan fingerprint density at radius 3 is 2.18 bits per heavy atom. The molecule has 204 valence electrons. The molecule has 10 heteroatoms. The van der Waals surface area contributed by atoms with Crippen molar-refractivity contribution in [2.75, 3.05) is 33.9 Å². The lowest BCUT2D eigenvalue weighted by atomic mass is 9.84. The van der Waals surface area contributed by atoms with Gasteiger partial charge in [0.05, 0.1) is 14.2 Å². The quantitative estimate of drug-likeness (QED) is 0.480. The van der Waals surface area contributed by atoms with Crippen LogP contribution < -0.4 is 30.6 Å². The van der Waals surface area contributed by atoms with Gasteiger partial charge in [-0.15, -0.1) is 0 Å². The van der Waals surface area contributed by atoms with E-state index in [1.807, 2.05) is 17.0 Å². The highest BCUT2D eigenvalue weighted by atomic mass is 16.5. The van der Waals surface area contributed by atoms with Crippen LogP contribution in [-0.4, -0.2) is 67.6 Å². The summed E-state index contributed by atoms with van der Waals surface area (Å²) >= 11 is 0. The molecule has 0 aromatic heterocycles. The highest BCUT2D eigenvalue weighted by Crippen LogP contribution is 2.34. The molecule has 2 heterocycles. The number of nitrogens with one attached hydrogen (secondary N) is 2. The first-order valence-electron chi connectivity index (χ1n) is 12.7. The van der Waals surface area contributed by atoms with Crippen LogP contribution in [0.25, 0.3) is 0 Å². The summed E-state index contributed by atoms with van der Waals surface area (Å²) in [6.07, 6.45) is 1.62. The third kappa shape index (κ3) is 5.55. The maximum Gasteiger partial charge on any atom is 0.264 e. The molecule has 38 heavy (non-hydrogen) atoms. The minimum atomic E-state index is -1.27. The van der Waals surface area contributed by atoms with Crippen LogP contribution in [0.2, 0.25) is 0 Å². The van der Waals surface area contributed by atoms with E-state index in [4.69, 9.17) is 19.9 Å². The standard InChI is InChI=1S/C28H36N4O6/c1-27(2,38-21-7-5-18(6-8-21)24(29)33)25(34)31-28(10-12-30-13-11-28)26(35)32-14-9-19-15-22(36-3)23(37-4)16-20(19)17-32/h5-8,15-16,30H,9-14,17H2,1-4H3,(H2,29,33)(H,31,34). The molecule has 1 fully saturated rings. The normalized spacial score (nSPS) is 16.7. The van der Waals surface area contributed by atoms with Crippen LogP contribution in [0, 0.1) is 0 Å². The van der Waals surface area contributed by atoms with E-state index in [1.54, 1.807) is 52.3 Å². The van der Waals surface area contributed by atoms with E-state index >= 15 is 0 Å². The molecule has 0 aliphatic carbocycles. The Labute approximate surface area is 222 Å². The Morgan fingerprint density at radius 2 is 1.61 bits per heavy atom. The summed E-state index contributed by atoms with van der Waals surface area (Å²) in [6, 6.07) is 10.2. The number of nitrogens with zero attached hydrogens (tertiary/aromatic N) is 1. The van der Waals surface area contributed by atoms with Crippen molar-refractivity contribution in [2.45, 2.75) is 50.8 Å². The van der Waals surface area contributed by atoms with Crippen molar-refractivity contribution in [3.63, 3.8) is 0 Å². The lowest BCUT2D eigenvalue weighted by molar-refractivity contribution is -0.148. The van der Waals surface area contributed by atoms with Crippen LogP contribution in [0.3, 0.4) is 0 Å². The Kier molecular flexibility index (Phi) is 7.82. The van der Waals surface area contributed by atoms with Crippen molar-refractivity contribution < 1.29 is 28.6 Å². The molecule has 2 aliphatic heterocycles. The molecule has 4 rings (SSSR count). The zero-order chi connectivity index (χ0) is 27.5. The second-order valence-electron chi connectivity index (χ2n) is 10.2. The van der Waals surface area contributed by atoms with E-state index in [0.717, 1.165) is 11.1 Å². The van der Waals surface area contributed by atoms with Crippen molar-refractivity contribution in [1.82, 2.24) is 15.5 Å². The summed E-state index contributed by atoms with van der Waals surface area (Å²) in [5.74, 6) is 0.661. The first-order valence-corrected chi connectivity index (χ1v) is 12.7. The first-order chi connectivity index (χ1) is 18.1. The highest BCUT2D eigenvalue weighted by Gasteiger charge is 2.46. The Balaban J connectivity index is 1.52. The van der Waals surface area contributed by atoms with E-state index in [-0.39, 0.29) is 5.91 Å². The fourth-order valence-corrected chi connectivity index (χ4v) is 5.00. The Morgan fingerprint density at radius 1 is 1.00 bits per heavy atom. The fraction of sp³-hybridized carbons (Fsp3) is 0.464. The molecule has 0 unspecified atom stereocenters. The second-order valence-corrected chi connectivity index (χ2v) is 10.2. The maximum atomic E-state index is 14.0. The van der Waals surface area contributed by atoms with Gasteiger partial charge in [0, 0.05) is 18.7 Å². The van der Waals surface area contributed by atoms with Gasteiger partial charge < -0.3 is 35.5 Å². The fourth-order valence-electron chi connectivity index (χ4n) is 5.00. The van der Waals surface area contributed by atoms with Crippen molar-refractivity contribution >= 4 is 17.7 Å². The summed E-state index contributed by atoms with van der Waals surface area (Å²) in [5, 5.41) is 6.36. The van der Waals surface area contributed by atoms with Crippen LogP contribution in [0.1, 0.15) is 48.2 Å². The van der Waals surface area contributed by atoms with E-state index in [0.29, 0.717) is 68.3 Å². The average molecular weight is 525 g/mol. The summed E-state index contributed by atoms with van der Waals surface area (Å²) in [6.45, 7) is 5.49. The second kappa shape index (κ2) is 10.9. The third-order valence-corrected chi connectivity index (χ3v) is 7.28. The minimum absolute atomic E-state index is 0.102. The smallest absolute Gasteiger partial charge is 0.264 e. The number of piperidine rings is 1. The SMILES string of the molecule is COc1cc2c(cc1OC)CN(C(=O)C1(NC(=O)C(C)(C)Oc3ccc(C(N)=O)cc3)CCNCC1)CC2. The maximum absolute atomic E-state index is 14.0. The number of rotatable bonds is 8. The van der Waals surface area contributed by atoms with Crippen LogP contribution >= 0.6 is 0 Å². The van der Waals surface area contributed by atoms with Crippen LogP contribution in [0.15, 0.2) is 36.4 Å². The van der Waals surface area contributed by atoms with Gasteiger partial charge in [-0.1, -0.05) is 0 Å². The number of hydrogen-bond donors (Lipinski definition) is 3. The molecule has 0 radical (unpaired) electrons. The molecule has 2 aromatic carbocycles. The summed E-state index contributed by atoms with van der Waals surface area (Å²) in [5.41, 5.74) is 5.45. The topological polar surface area (TPSA) is 132 Å². The number of fused-ring (bicyclic) bond motifs is 1. The van der Waals surface area contributed by atoms with Crippen molar-refractivity contribution in [3.8, 4) is 17.2 Å². The zero-order valence-electron chi connectivity index (χ0n) is 22.4. The van der Waals surface area contributed by atoms with E-state index in [1.165, 1.54) is 0 Å². The molecule has 0 spiro atoms. The Hall–Kier alpha value is -3.79. The molecule has 3 amide bonds. The number of methoxy groups -OCH3 is 2. The summed E-state index contributed by atoms with van der Waals surface area (Å²) < 4.78 is 16.9. The molecule has 2 aromatic rings. The molecule has 2 aliphatic rings. The summed E-state index contributed by atoms with van der Waals surface area (Å²) in [7, 11) is 3.19. The minimum Gasteiger partial charge on any atom is -0.493 e. The number of carbonyl (C=O) groups is 3. The molecular weight excluding hydrogens is 488 g/mol. The van der Waals surface area contributed by atoms with Crippen LogP contribution in [-0.2, 0) is 22.6 Å². The average Bonchev–Trinajstić information content (AvgIpc) is 2.92. The number of carbonyl (C=O) groups excluding carboxylic acids is 3. The van der Waals surface area contributed by atoms with Gasteiger partial charge in [0.15, 0.2) is 17.1 Å². The van der Waals surface area contributed by atoms with Crippen molar-refractivity contribution in [1.29, 1.82) is 0 Å². The van der Waals surface area contributed by atoms with Gasteiger partial charge in [-0.05, 0) is 93.7 Å². The molecule has 10 nitrogen and oxygen atoms in total. The zero-order valence-corrected chi connectivity index (χ0v) is 22.4. The number of nitrogens with two attached hydrogens (primary N) is 1. The molecular formula is C28H36N4O6. The van der Waals surface area contributed by atoms with Gasteiger partial charge in [-0.3, -0.25) is 14.4 Å². The first kappa shape index (κ1) is 27.3. The van der Waals surface area contributed by atoms with Gasteiger partial charge in [-0.25, -0.2) is 0 Å². The number of primary amides is 1. The monoisotopic (exact) mass is 524 g/mol. The van der Waals surface area contributed by atoms with Gasteiger partial charge in [0.2, 0.25) is 11.8 Å². The molecule has 1 saturated heterocycles. The number of hydrogen-bond acceptors (Lipinski definition) is 7. The largest absolute Gasteiger partial charge is 0.493 e. The van der Waals surface area contributed by atoms with Crippen LogP contribution in [0.4, 0.5) is 0 Å². The van der Waals surface area contributed by atoms with Gasteiger partial charge >= 0.3 is 0 Å². The van der Waals surface area contributed by atoms with Crippen LogP contribution in [0.5, 0.6) is 17.2 Å². The Bertz CT molecular complexity index is 1200. The highest BCUT2D eigenvalue weighted by molar-refractivity contribution is 5.95. The number of ether oxygens (including phenoxy) is 3. The van der Waals surface area contributed by atoms with Crippen molar-refractivity contribution in [2.24, 2.45) is 5.73 Å². The molecule has 4 N–H and O–H groups in total. The summed E-state index contributed by atoms with van der Waals surface area (Å²) in [4.78, 5) is 40.7. The van der Waals surface area contributed by atoms with Gasteiger partial charge in [-0.2, -0.15) is 0 Å². The lowest BCUT2D eigenvalue weighted by Gasteiger charge is -2.43. The number of benzene rings is 2. The molecule has 0 bridgehead atoms. The van der Waals surface area contributed by atoms with Gasteiger partial charge in [0.25, 0.3) is 5.91 Å². The van der Waals surface area contributed by atoms with Gasteiger partial charge in [0.1, 0.15) is 11.3 Å². The van der Waals surface area contributed by atoms with E-state index < -0.39 is 23.0 Å². The van der Waals surface area contributed by atoms with Crippen molar-refractivity contribution in [3.05, 3.63) is 53.1 Å². The van der Waals surface area contributed by atoms with E-state index in [2.05, 4.69) is 10.6 Å². The lowest BCUT2D eigenvalue weighted by Crippen LogP contribution is -2.66. The van der Waals surface area contributed by atoms with E-state index in [9.17, 15) is 14.4 Å².